The number of hydrogen-bond donors (Lipinski definition) is 1. The fourth-order valence-corrected chi connectivity index (χ4v) is 3.97. The summed E-state index contributed by atoms with van der Waals surface area (Å²) in [6.07, 6.45) is 0.602. The Morgan fingerprint density at radius 1 is 1.04 bits per heavy atom. The molecule has 4 rings (SSSR count). The maximum absolute atomic E-state index is 13.1. The van der Waals surface area contributed by atoms with Gasteiger partial charge in [0.1, 0.15) is 0 Å². The van der Waals surface area contributed by atoms with Crippen LogP contribution in [0, 0.1) is 17.8 Å². The summed E-state index contributed by atoms with van der Waals surface area (Å²) in [5.41, 5.74) is -0.200. The van der Waals surface area contributed by atoms with Crippen LogP contribution in [0.1, 0.15) is 55.7 Å². The first-order valence-corrected chi connectivity index (χ1v) is 10.1. The minimum atomic E-state index is -4.42. The molecule has 2 atom stereocenters. The third-order valence-electron chi connectivity index (χ3n) is 6.02. The molecule has 7 heteroatoms. The second-order valence-electron chi connectivity index (χ2n) is 8.37. The van der Waals surface area contributed by atoms with Crippen LogP contribution in [0.3, 0.4) is 0 Å². The molecule has 1 aliphatic heterocycles. The highest BCUT2D eigenvalue weighted by Crippen LogP contribution is 2.40. The number of likely N-dealkylation sites (tertiary alicyclic amines) is 1. The van der Waals surface area contributed by atoms with Gasteiger partial charge in [-0.2, -0.15) is 13.2 Å². The van der Waals surface area contributed by atoms with Crippen LogP contribution >= 0.6 is 0 Å². The number of carbonyl (C=O) groups excluding carboxylic acids is 2. The third kappa shape index (κ3) is 4.33. The molecule has 2 amide bonds. The van der Waals surface area contributed by atoms with Gasteiger partial charge < -0.3 is 10.2 Å². The average Bonchev–Trinajstić information content (AvgIpc) is 3.57. The number of benzene rings is 1. The van der Waals surface area contributed by atoms with Crippen molar-refractivity contribution >= 4 is 11.8 Å². The smallest absolute Gasteiger partial charge is 0.356 e. The number of piperidine rings is 1. The van der Waals surface area contributed by atoms with Crippen molar-refractivity contribution in [2.45, 2.75) is 50.7 Å². The number of hydrogen-bond acceptors (Lipinski definition) is 2. The van der Waals surface area contributed by atoms with Gasteiger partial charge in [0, 0.05) is 19.0 Å². The van der Waals surface area contributed by atoms with E-state index < -0.39 is 17.8 Å². The molecule has 0 aromatic heterocycles. The minimum Gasteiger partial charge on any atom is -0.356 e. The lowest BCUT2D eigenvalue weighted by Crippen LogP contribution is -2.47. The highest BCUT2D eigenvalue weighted by Gasteiger charge is 2.42. The van der Waals surface area contributed by atoms with E-state index in [1.54, 1.807) is 11.0 Å². The molecule has 2 aliphatic carbocycles. The van der Waals surface area contributed by atoms with Crippen LogP contribution in [-0.4, -0.2) is 29.8 Å². The predicted octanol–water partition coefficient (Wildman–Crippen LogP) is 3.92. The number of rotatable bonds is 5. The van der Waals surface area contributed by atoms with Gasteiger partial charge in [0.25, 0.3) is 0 Å². The summed E-state index contributed by atoms with van der Waals surface area (Å²) >= 11 is 0. The predicted molar refractivity (Wildman–Crippen MR) is 97.1 cm³/mol. The van der Waals surface area contributed by atoms with Crippen LogP contribution in [0.2, 0.25) is 0 Å². The van der Waals surface area contributed by atoms with E-state index in [9.17, 15) is 22.8 Å². The molecule has 3 aliphatic rings. The summed E-state index contributed by atoms with van der Waals surface area (Å²) in [6, 6.07) is 4.84. The molecule has 0 radical (unpaired) electrons. The molecule has 1 aromatic carbocycles. The lowest BCUT2D eigenvalue weighted by atomic mass is 9.87. The van der Waals surface area contributed by atoms with Crippen molar-refractivity contribution in [3.05, 3.63) is 35.4 Å². The molecule has 0 bridgehead atoms. The first-order valence-electron chi connectivity index (χ1n) is 10.1. The number of amides is 2. The summed E-state index contributed by atoms with van der Waals surface area (Å²) in [6.45, 7) is 0.968. The summed E-state index contributed by atoms with van der Waals surface area (Å²) in [7, 11) is 0. The third-order valence-corrected chi connectivity index (χ3v) is 6.02. The first kappa shape index (κ1) is 19.3. The molecule has 28 heavy (non-hydrogen) atoms. The van der Waals surface area contributed by atoms with Gasteiger partial charge in [-0.15, -0.1) is 0 Å². The molecule has 0 unspecified atom stereocenters. The maximum Gasteiger partial charge on any atom is 0.416 e. The van der Waals surface area contributed by atoms with E-state index in [2.05, 4.69) is 5.32 Å². The number of nitrogens with zero attached hydrogens (tertiary/aromatic N) is 1. The van der Waals surface area contributed by atoms with Crippen molar-refractivity contribution in [3.63, 3.8) is 0 Å². The number of nitrogens with one attached hydrogen (secondary N) is 1. The van der Waals surface area contributed by atoms with Crippen molar-refractivity contribution in [2.24, 2.45) is 17.8 Å². The molecular weight excluding hydrogens is 369 g/mol. The van der Waals surface area contributed by atoms with Crippen molar-refractivity contribution in [1.29, 1.82) is 0 Å². The monoisotopic (exact) mass is 394 g/mol. The van der Waals surface area contributed by atoms with E-state index in [1.807, 2.05) is 0 Å². The Kier molecular flexibility index (Phi) is 5.10. The zero-order valence-corrected chi connectivity index (χ0v) is 15.7. The van der Waals surface area contributed by atoms with E-state index in [1.165, 1.54) is 6.07 Å². The standard InChI is InChI=1S/C21H25F3N2O2/c22-21(23,24)17-3-1-2-15(10-17)18-9-8-16(19(27)25-11-13-4-5-13)12-26(18)20(28)14-6-7-14/h1-3,10,13-14,16,18H,4-9,11-12H2,(H,25,27)/t16-,18-/m1/s1. The highest BCUT2D eigenvalue weighted by atomic mass is 19.4. The molecule has 1 heterocycles. The fourth-order valence-electron chi connectivity index (χ4n) is 3.97. The second kappa shape index (κ2) is 7.41. The van der Waals surface area contributed by atoms with E-state index >= 15 is 0 Å². The lowest BCUT2D eigenvalue weighted by molar-refractivity contribution is -0.140. The van der Waals surface area contributed by atoms with Gasteiger partial charge >= 0.3 is 6.18 Å². The van der Waals surface area contributed by atoms with Crippen molar-refractivity contribution < 1.29 is 22.8 Å². The van der Waals surface area contributed by atoms with Crippen molar-refractivity contribution in [1.82, 2.24) is 10.2 Å². The maximum atomic E-state index is 13.1. The highest BCUT2D eigenvalue weighted by molar-refractivity contribution is 5.84. The van der Waals surface area contributed by atoms with Crippen LogP contribution < -0.4 is 5.32 Å². The van der Waals surface area contributed by atoms with Gasteiger partial charge in [0.2, 0.25) is 11.8 Å². The largest absolute Gasteiger partial charge is 0.416 e. The molecule has 1 N–H and O–H groups in total. The molecule has 152 valence electrons. The minimum absolute atomic E-state index is 0.0258. The molecule has 3 fully saturated rings. The Labute approximate surface area is 162 Å². The zero-order chi connectivity index (χ0) is 19.9. The van der Waals surface area contributed by atoms with Gasteiger partial charge in [-0.1, -0.05) is 12.1 Å². The van der Waals surface area contributed by atoms with Gasteiger partial charge in [0.15, 0.2) is 0 Å². The summed E-state index contributed by atoms with van der Waals surface area (Å²) in [5.74, 6) is 0.185. The van der Waals surface area contributed by atoms with E-state index in [0.717, 1.165) is 37.8 Å². The van der Waals surface area contributed by atoms with Crippen molar-refractivity contribution in [3.8, 4) is 0 Å². The van der Waals surface area contributed by atoms with E-state index in [4.69, 9.17) is 0 Å². The molecule has 4 nitrogen and oxygen atoms in total. The molecule has 1 saturated heterocycles. The SMILES string of the molecule is O=C(NCC1CC1)[C@@H]1CC[C@H](c2cccc(C(F)(F)F)c2)N(C(=O)C2CC2)C1. The normalized spacial score (nSPS) is 25.5. The first-order chi connectivity index (χ1) is 13.3. The Morgan fingerprint density at radius 2 is 1.75 bits per heavy atom. The molecule has 2 saturated carbocycles. The lowest BCUT2D eigenvalue weighted by Gasteiger charge is -2.40. The second-order valence-corrected chi connectivity index (χ2v) is 8.37. The van der Waals surface area contributed by atoms with Crippen LogP contribution in [0.4, 0.5) is 13.2 Å². The van der Waals surface area contributed by atoms with Crippen LogP contribution in [0.15, 0.2) is 24.3 Å². The Hall–Kier alpha value is -2.05. The zero-order valence-electron chi connectivity index (χ0n) is 15.7. The quantitative estimate of drug-likeness (QED) is 0.823. The average molecular weight is 394 g/mol. The molecule has 0 spiro atoms. The fraction of sp³-hybridized carbons (Fsp3) is 0.619. The van der Waals surface area contributed by atoms with Gasteiger partial charge in [-0.3, -0.25) is 9.59 Å². The number of carbonyl (C=O) groups is 2. The van der Waals surface area contributed by atoms with E-state index in [-0.39, 0.29) is 30.2 Å². The Morgan fingerprint density at radius 3 is 2.39 bits per heavy atom. The molecular formula is C21H25F3N2O2. The van der Waals surface area contributed by atoms with Gasteiger partial charge in [-0.25, -0.2) is 0 Å². The summed E-state index contributed by atoms with van der Waals surface area (Å²) in [4.78, 5) is 27.0. The van der Waals surface area contributed by atoms with Gasteiger partial charge in [-0.05, 0) is 62.1 Å². The van der Waals surface area contributed by atoms with Crippen LogP contribution in [0.5, 0.6) is 0 Å². The topological polar surface area (TPSA) is 49.4 Å². The van der Waals surface area contributed by atoms with Crippen molar-refractivity contribution in [2.75, 3.05) is 13.1 Å². The number of alkyl halides is 3. The van der Waals surface area contributed by atoms with Gasteiger partial charge in [0.05, 0.1) is 17.5 Å². The number of halogens is 3. The summed E-state index contributed by atoms with van der Waals surface area (Å²) < 4.78 is 39.4. The Balaban J connectivity index is 1.51. The molecule has 1 aromatic rings. The van der Waals surface area contributed by atoms with Crippen LogP contribution in [-0.2, 0) is 15.8 Å². The van der Waals surface area contributed by atoms with E-state index in [0.29, 0.717) is 30.9 Å². The van der Waals surface area contributed by atoms with Crippen LogP contribution in [0.25, 0.3) is 0 Å². The summed E-state index contributed by atoms with van der Waals surface area (Å²) in [5, 5.41) is 2.98. The Bertz CT molecular complexity index is 756.